The van der Waals surface area contributed by atoms with Crippen molar-refractivity contribution >= 4 is 17.6 Å². The molecule has 0 saturated heterocycles. The van der Waals surface area contributed by atoms with Gasteiger partial charge in [0.05, 0.1) is 11.6 Å². The fourth-order valence-corrected chi connectivity index (χ4v) is 1.33. The van der Waals surface area contributed by atoms with E-state index in [0.717, 1.165) is 18.7 Å². The van der Waals surface area contributed by atoms with Crippen molar-refractivity contribution in [3.05, 3.63) is 12.0 Å². The zero-order valence-electron chi connectivity index (χ0n) is 8.96. The van der Waals surface area contributed by atoms with Crippen molar-refractivity contribution in [3.63, 3.8) is 0 Å². The number of alkyl halides is 1. The molecular weight excluding hydrogens is 200 g/mol. The number of aromatic nitrogens is 1. The number of oxazole rings is 1. The highest BCUT2D eigenvalue weighted by Gasteiger charge is 2.10. The van der Waals surface area contributed by atoms with Gasteiger partial charge in [0.1, 0.15) is 6.26 Å². The SMILES string of the molecule is CCC(C)CN(C)c1nc(CCl)co1. The predicted octanol–water partition coefficient (Wildman–Crippen LogP) is 2.90. The van der Waals surface area contributed by atoms with Crippen molar-refractivity contribution in [1.29, 1.82) is 0 Å². The van der Waals surface area contributed by atoms with Crippen LogP contribution in [0.4, 0.5) is 6.01 Å². The van der Waals surface area contributed by atoms with E-state index in [1.54, 1.807) is 6.26 Å². The van der Waals surface area contributed by atoms with E-state index in [0.29, 0.717) is 17.8 Å². The number of halogens is 1. The quantitative estimate of drug-likeness (QED) is 0.709. The Hall–Kier alpha value is -0.700. The zero-order valence-corrected chi connectivity index (χ0v) is 9.71. The topological polar surface area (TPSA) is 29.3 Å². The molecule has 1 aromatic heterocycles. The summed E-state index contributed by atoms with van der Waals surface area (Å²) >= 11 is 5.64. The predicted molar refractivity (Wildman–Crippen MR) is 58.8 cm³/mol. The highest BCUT2D eigenvalue weighted by Crippen LogP contribution is 2.15. The van der Waals surface area contributed by atoms with E-state index in [1.807, 2.05) is 11.9 Å². The molecule has 1 heterocycles. The second-order valence-electron chi connectivity index (χ2n) is 3.65. The van der Waals surface area contributed by atoms with Gasteiger partial charge in [0.2, 0.25) is 0 Å². The van der Waals surface area contributed by atoms with E-state index < -0.39 is 0 Å². The molecule has 14 heavy (non-hydrogen) atoms. The van der Waals surface area contributed by atoms with Crippen LogP contribution in [-0.4, -0.2) is 18.6 Å². The van der Waals surface area contributed by atoms with Gasteiger partial charge in [-0.2, -0.15) is 4.98 Å². The number of hydrogen-bond donors (Lipinski definition) is 0. The highest BCUT2D eigenvalue weighted by atomic mass is 35.5. The van der Waals surface area contributed by atoms with Crippen molar-refractivity contribution in [2.24, 2.45) is 5.92 Å². The van der Waals surface area contributed by atoms with Crippen LogP contribution in [0.3, 0.4) is 0 Å². The summed E-state index contributed by atoms with van der Waals surface area (Å²) in [7, 11) is 1.98. The standard InChI is InChI=1S/C10H17ClN2O/c1-4-8(2)6-13(3)10-12-9(5-11)7-14-10/h7-8H,4-6H2,1-3H3. The first-order chi connectivity index (χ1) is 6.67. The third-order valence-corrected chi connectivity index (χ3v) is 2.56. The van der Waals surface area contributed by atoms with Gasteiger partial charge in [0, 0.05) is 13.6 Å². The van der Waals surface area contributed by atoms with Gasteiger partial charge in [-0.15, -0.1) is 11.6 Å². The molecule has 1 atom stereocenters. The van der Waals surface area contributed by atoms with Crippen LogP contribution in [0.2, 0.25) is 0 Å². The summed E-state index contributed by atoms with van der Waals surface area (Å²) < 4.78 is 5.29. The van der Waals surface area contributed by atoms with E-state index in [-0.39, 0.29) is 0 Å². The Labute approximate surface area is 90.1 Å². The summed E-state index contributed by atoms with van der Waals surface area (Å²) in [6, 6.07) is 0.654. The zero-order chi connectivity index (χ0) is 10.6. The van der Waals surface area contributed by atoms with Crippen LogP contribution in [-0.2, 0) is 5.88 Å². The lowest BCUT2D eigenvalue weighted by Gasteiger charge is -2.18. The van der Waals surface area contributed by atoms with Crippen LogP contribution in [0.5, 0.6) is 0 Å². The summed E-state index contributed by atoms with van der Waals surface area (Å²) in [5, 5.41) is 0. The molecule has 3 nitrogen and oxygen atoms in total. The fourth-order valence-electron chi connectivity index (χ4n) is 1.21. The molecule has 1 aromatic rings. The first kappa shape index (κ1) is 11.4. The number of rotatable bonds is 5. The lowest BCUT2D eigenvalue weighted by molar-refractivity contribution is 0.502. The molecular formula is C10H17ClN2O. The lowest BCUT2D eigenvalue weighted by Crippen LogP contribution is -2.23. The Morgan fingerprint density at radius 1 is 1.64 bits per heavy atom. The van der Waals surface area contributed by atoms with Crippen LogP contribution < -0.4 is 4.90 Å². The normalized spacial score (nSPS) is 12.9. The third-order valence-electron chi connectivity index (χ3n) is 2.29. The number of nitrogens with zero attached hydrogens (tertiary/aromatic N) is 2. The minimum absolute atomic E-state index is 0.403. The molecule has 0 aliphatic rings. The van der Waals surface area contributed by atoms with Crippen LogP contribution >= 0.6 is 11.6 Å². The Bertz CT molecular complexity index is 275. The van der Waals surface area contributed by atoms with Gasteiger partial charge >= 0.3 is 0 Å². The summed E-state index contributed by atoms with van der Waals surface area (Å²) in [4.78, 5) is 6.26. The lowest BCUT2D eigenvalue weighted by atomic mass is 10.1. The van der Waals surface area contributed by atoms with Crippen LogP contribution in [0.1, 0.15) is 26.0 Å². The maximum atomic E-state index is 5.64. The largest absolute Gasteiger partial charge is 0.432 e. The smallest absolute Gasteiger partial charge is 0.297 e. The first-order valence-corrected chi connectivity index (χ1v) is 5.42. The minimum atomic E-state index is 0.403. The first-order valence-electron chi connectivity index (χ1n) is 4.88. The molecule has 0 fully saturated rings. The van der Waals surface area contributed by atoms with Gasteiger partial charge < -0.3 is 9.32 Å². The summed E-state index contributed by atoms with van der Waals surface area (Å²) in [5.41, 5.74) is 0.790. The van der Waals surface area contributed by atoms with Gasteiger partial charge in [-0.1, -0.05) is 20.3 Å². The van der Waals surface area contributed by atoms with Crippen molar-refractivity contribution in [2.45, 2.75) is 26.1 Å². The molecule has 80 valence electrons. The molecule has 0 N–H and O–H groups in total. The number of anilines is 1. The molecule has 1 rings (SSSR count). The molecule has 0 aliphatic heterocycles. The molecule has 1 unspecified atom stereocenters. The summed E-state index contributed by atoms with van der Waals surface area (Å²) in [6.45, 7) is 5.35. The Kier molecular flexibility index (Phi) is 4.26. The van der Waals surface area contributed by atoms with E-state index in [2.05, 4.69) is 18.8 Å². The Morgan fingerprint density at radius 3 is 2.86 bits per heavy atom. The molecule has 0 saturated carbocycles. The highest BCUT2D eigenvalue weighted by molar-refractivity contribution is 6.16. The van der Waals surface area contributed by atoms with Crippen molar-refractivity contribution in [3.8, 4) is 0 Å². The van der Waals surface area contributed by atoms with Gasteiger partial charge in [-0.3, -0.25) is 0 Å². The minimum Gasteiger partial charge on any atom is -0.432 e. The molecule has 0 amide bonds. The van der Waals surface area contributed by atoms with Crippen molar-refractivity contribution in [2.75, 3.05) is 18.5 Å². The summed E-state index contributed by atoms with van der Waals surface area (Å²) in [5.74, 6) is 1.05. The maximum Gasteiger partial charge on any atom is 0.297 e. The monoisotopic (exact) mass is 216 g/mol. The molecule has 0 bridgehead atoms. The second kappa shape index (κ2) is 5.25. The maximum absolute atomic E-state index is 5.64. The molecule has 0 aliphatic carbocycles. The van der Waals surface area contributed by atoms with Gasteiger partial charge in [0.15, 0.2) is 0 Å². The Balaban J connectivity index is 2.55. The van der Waals surface area contributed by atoms with Crippen LogP contribution in [0.25, 0.3) is 0 Å². The second-order valence-corrected chi connectivity index (χ2v) is 3.92. The van der Waals surface area contributed by atoms with E-state index >= 15 is 0 Å². The fraction of sp³-hybridized carbons (Fsp3) is 0.700. The third kappa shape index (κ3) is 2.91. The van der Waals surface area contributed by atoms with E-state index in [1.165, 1.54) is 0 Å². The van der Waals surface area contributed by atoms with E-state index in [9.17, 15) is 0 Å². The average molecular weight is 217 g/mol. The molecule has 0 aromatic carbocycles. The molecule has 0 radical (unpaired) electrons. The molecule has 4 heteroatoms. The van der Waals surface area contributed by atoms with Gasteiger partial charge in [0.25, 0.3) is 6.01 Å². The molecule has 0 spiro atoms. The van der Waals surface area contributed by atoms with Gasteiger partial charge in [-0.05, 0) is 5.92 Å². The van der Waals surface area contributed by atoms with Crippen molar-refractivity contribution < 1.29 is 4.42 Å². The average Bonchev–Trinajstić information content (AvgIpc) is 2.65. The Morgan fingerprint density at radius 2 is 2.36 bits per heavy atom. The van der Waals surface area contributed by atoms with Crippen molar-refractivity contribution in [1.82, 2.24) is 4.98 Å². The van der Waals surface area contributed by atoms with Crippen LogP contribution in [0, 0.1) is 5.92 Å². The van der Waals surface area contributed by atoms with E-state index in [4.69, 9.17) is 16.0 Å². The van der Waals surface area contributed by atoms with Gasteiger partial charge in [-0.25, -0.2) is 0 Å². The van der Waals surface area contributed by atoms with Crippen LogP contribution in [0.15, 0.2) is 10.7 Å². The number of hydrogen-bond acceptors (Lipinski definition) is 3. The summed E-state index contributed by atoms with van der Waals surface area (Å²) in [6.07, 6.45) is 2.77.